The van der Waals surface area contributed by atoms with Crippen molar-refractivity contribution >= 4 is 17.6 Å². The monoisotopic (exact) mass is 369 g/mol. The van der Waals surface area contributed by atoms with Gasteiger partial charge in [0.1, 0.15) is 12.4 Å². The molecule has 6 heteroatoms. The van der Waals surface area contributed by atoms with E-state index in [1.54, 1.807) is 6.07 Å². The van der Waals surface area contributed by atoms with Gasteiger partial charge in [0.05, 0.1) is 18.2 Å². The lowest BCUT2D eigenvalue weighted by molar-refractivity contribution is -0.135. The maximum absolute atomic E-state index is 9.49. The van der Waals surface area contributed by atoms with Crippen LogP contribution in [-0.2, 0) is 16.0 Å². The molecule has 0 bridgehead atoms. The Bertz CT molecular complexity index is 585. The van der Waals surface area contributed by atoms with E-state index in [1.165, 1.54) is 0 Å². The number of rotatable bonds is 6. The molecule has 1 aromatic carbocycles. The number of ether oxygens (including phenoxy) is 1. The van der Waals surface area contributed by atoms with Crippen LogP contribution in [0.1, 0.15) is 39.2 Å². The van der Waals surface area contributed by atoms with Crippen LogP contribution in [0.15, 0.2) is 18.2 Å². The van der Waals surface area contributed by atoms with Crippen molar-refractivity contribution in [1.29, 1.82) is 0 Å². The van der Waals surface area contributed by atoms with Gasteiger partial charge in [0.2, 0.25) is 0 Å². The third kappa shape index (κ3) is 13.2. The fourth-order valence-corrected chi connectivity index (χ4v) is 1.89. The summed E-state index contributed by atoms with van der Waals surface area (Å²) in [7, 11) is 0. The molecule has 0 saturated carbocycles. The Labute approximate surface area is 155 Å². The first-order valence-corrected chi connectivity index (χ1v) is 8.47. The van der Waals surface area contributed by atoms with Crippen LogP contribution >= 0.6 is 11.6 Å². The second kappa shape index (κ2) is 12.6. The Morgan fingerprint density at radius 3 is 2.52 bits per heavy atom. The number of aromatic hydroxyl groups is 1. The maximum Gasteiger partial charge on any atom is 0.317 e. The number of phenols is 1. The van der Waals surface area contributed by atoms with Gasteiger partial charge in [-0.2, -0.15) is 0 Å². The molecule has 0 fully saturated rings. The minimum atomic E-state index is -0.968. The third-order valence-corrected chi connectivity index (χ3v) is 3.25. The van der Waals surface area contributed by atoms with Crippen molar-refractivity contribution in [2.75, 3.05) is 19.8 Å². The predicted octanol–water partition coefficient (Wildman–Crippen LogP) is 3.46. The summed E-state index contributed by atoms with van der Waals surface area (Å²) < 4.78 is 5.47. The number of phenolic OH excluding ortho intramolecular Hbond substituents is 1. The van der Waals surface area contributed by atoms with E-state index in [0.717, 1.165) is 31.4 Å². The SMILES string of the molecule is CC(C)(C)COCC#CCCCc1cccc(O)c1Cl.NCC(=O)O. The summed E-state index contributed by atoms with van der Waals surface area (Å²) >= 11 is 6.01. The Balaban J connectivity index is 0.00000101. The minimum absolute atomic E-state index is 0.144. The number of carboxylic acid groups (broad SMARTS) is 1. The molecule has 1 aromatic rings. The number of nitrogens with two attached hydrogens (primary N) is 1. The lowest BCUT2D eigenvalue weighted by Gasteiger charge is -2.16. The molecule has 25 heavy (non-hydrogen) atoms. The number of unbranched alkanes of at least 4 members (excludes halogenated alkanes) is 1. The Morgan fingerprint density at radius 1 is 1.32 bits per heavy atom. The van der Waals surface area contributed by atoms with Crippen molar-refractivity contribution in [3.63, 3.8) is 0 Å². The van der Waals surface area contributed by atoms with Gasteiger partial charge in [0.15, 0.2) is 0 Å². The van der Waals surface area contributed by atoms with Crippen molar-refractivity contribution in [1.82, 2.24) is 0 Å². The van der Waals surface area contributed by atoms with Crippen molar-refractivity contribution in [3.8, 4) is 17.6 Å². The number of hydrogen-bond acceptors (Lipinski definition) is 4. The number of hydrogen-bond donors (Lipinski definition) is 3. The zero-order valence-corrected chi connectivity index (χ0v) is 15.9. The lowest BCUT2D eigenvalue weighted by atomic mass is 9.99. The van der Waals surface area contributed by atoms with Crippen LogP contribution in [0.5, 0.6) is 5.75 Å². The van der Waals surface area contributed by atoms with Crippen LogP contribution in [0.3, 0.4) is 0 Å². The molecule has 140 valence electrons. The number of carbonyl (C=O) groups is 1. The molecule has 5 nitrogen and oxygen atoms in total. The van der Waals surface area contributed by atoms with Gasteiger partial charge in [-0.05, 0) is 29.9 Å². The summed E-state index contributed by atoms with van der Waals surface area (Å²) in [4.78, 5) is 9.24. The van der Waals surface area contributed by atoms with Crippen LogP contribution in [0, 0.1) is 17.3 Å². The molecular weight excluding hydrogens is 342 g/mol. The second-order valence-electron chi connectivity index (χ2n) is 6.61. The number of carboxylic acids is 1. The van der Waals surface area contributed by atoms with Crippen LogP contribution in [0.4, 0.5) is 0 Å². The molecular formula is C19H28ClNO4. The van der Waals surface area contributed by atoms with Crippen molar-refractivity contribution in [2.45, 2.75) is 40.0 Å². The Morgan fingerprint density at radius 2 is 1.96 bits per heavy atom. The summed E-state index contributed by atoms with van der Waals surface area (Å²) in [5, 5.41) is 17.5. The van der Waals surface area contributed by atoms with Gasteiger partial charge < -0.3 is 20.7 Å². The Hall–Kier alpha value is -1.74. The zero-order chi connectivity index (χ0) is 19.3. The third-order valence-electron chi connectivity index (χ3n) is 2.82. The molecule has 0 spiro atoms. The summed E-state index contributed by atoms with van der Waals surface area (Å²) in [6.07, 6.45) is 2.56. The highest BCUT2D eigenvalue weighted by molar-refractivity contribution is 6.32. The molecule has 0 aliphatic rings. The number of benzene rings is 1. The first-order chi connectivity index (χ1) is 11.7. The van der Waals surface area contributed by atoms with Crippen LogP contribution < -0.4 is 5.73 Å². The molecule has 0 unspecified atom stereocenters. The first-order valence-electron chi connectivity index (χ1n) is 8.09. The lowest BCUT2D eigenvalue weighted by Crippen LogP contribution is -2.14. The summed E-state index contributed by atoms with van der Waals surface area (Å²) in [6.45, 7) is 7.35. The van der Waals surface area contributed by atoms with Gasteiger partial charge in [0.25, 0.3) is 0 Å². The average molecular weight is 370 g/mol. The van der Waals surface area contributed by atoms with Crippen LogP contribution in [0.25, 0.3) is 0 Å². The van der Waals surface area contributed by atoms with E-state index in [-0.39, 0.29) is 17.7 Å². The number of aliphatic carboxylic acids is 1. The number of aryl methyl sites for hydroxylation is 1. The second-order valence-corrected chi connectivity index (χ2v) is 6.99. The normalized spacial score (nSPS) is 10.3. The van der Waals surface area contributed by atoms with E-state index in [9.17, 15) is 9.90 Å². The topological polar surface area (TPSA) is 92.8 Å². The predicted molar refractivity (Wildman–Crippen MR) is 101 cm³/mol. The summed E-state index contributed by atoms with van der Waals surface area (Å²) in [5.41, 5.74) is 5.73. The van der Waals surface area contributed by atoms with Gasteiger partial charge in [-0.25, -0.2) is 0 Å². The highest BCUT2D eigenvalue weighted by Crippen LogP contribution is 2.27. The van der Waals surface area contributed by atoms with Gasteiger partial charge in [-0.3, -0.25) is 4.79 Å². The fourth-order valence-electron chi connectivity index (χ4n) is 1.67. The van der Waals surface area contributed by atoms with E-state index in [2.05, 4.69) is 38.3 Å². The van der Waals surface area contributed by atoms with Crippen molar-refractivity contribution in [3.05, 3.63) is 28.8 Å². The van der Waals surface area contributed by atoms with Crippen LogP contribution in [-0.4, -0.2) is 35.9 Å². The minimum Gasteiger partial charge on any atom is -0.506 e. The van der Waals surface area contributed by atoms with E-state index >= 15 is 0 Å². The molecule has 0 amide bonds. The standard InChI is InChI=1S/C17H23ClO2.C2H5NO2/c1-17(2,3)13-20-12-7-5-4-6-9-14-10-8-11-15(19)16(14)18;3-1-2(4)5/h8,10-11,19H,4,6,9,12-13H2,1-3H3;1,3H2,(H,4,5). The molecule has 1 rings (SSSR count). The summed E-state index contributed by atoms with van der Waals surface area (Å²) in [6, 6.07) is 5.34. The van der Waals surface area contributed by atoms with Crippen LogP contribution in [0.2, 0.25) is 5.02 Å². The maximum atomic E-state index is 9.49. The highest BCUT2D eigenvalue weighted by atomic mass is 35.5. The summed E-state index contributed by atoms with van der Waals surface area (Å²) in [5.74, 6) is 5.29. The molecule has 0 atom stereocenters. The molecule has 0 aliphatic carbocycles. The molecule has 0 aromatic heterocycles. The van der Waals surface area contributed by atoms with Gasteiger partial charge in [-0.1, -0.05) is 50.4 Å². The zero-order valence-electron chi connectivity index (χ0n) is 15.1. The fraction of sp³-hybridized carbons (Fsp3) is 0.526. The average Bonchev–Trinajstić information content (AvgIpc) is 2.53. The van der Waals surface area contributed by atoms with Gasteiger partial charge >= 0.3 is 5.97 Å². The molecule has 0 aliphatic heterocycles. The largest absolute Gasteiger partial charge is 0.506 e. The smallest absolute Gasteiger partial charge is 0.317 e. The van der Waals surface area contributed by atoms with Gasteiger partial charge in [0, 0.05) is 6.42 Å². The van der Waals surface area contributed by atoms with Crippen molar-refractivity contribution in [2.24, 2.45) is 11.1 Å². The highest BCUT2D eigenvalue weighted by Gasteiger charge is 2.08. The molecule has 0 saturated heterocycles. The van der Waals surface area contributed by atoms with Crippen molar-refractivity contribution < 1.29 is 19.7 Å². The first kappa shape index (κ1) is 23.3. The van der Waals surface area contributed by atoms with E-state index in [4.69, 9.17) is 21.4 Å². The quantitative estimate of drug-likeness (QED) is 0.527. The molecule has 4 N–H and O–H groups in total. The van der Waals surface area contributed by atoms with Gasteiger partial charge in [-0.15, -0.1) is 5.92 Å². The van der Waals surface area contributed by atoms with E-state index < -0.39 is 5.97 Å². The van der Waals surface area contributed by atoms with E-state index in [1.807, 2.05) is 12.1 Å². The van der Waals surface area contributed by atoms with E-state index in [0.29, 0.717) is 11.6 Å². The Kier molecular flexibility index (Phi) is 11.7. The molecule has 0 radical (unpaired) electrons. The number of halogens is 1. The molecule has 0 heterocycles.